The van der Waals surface area contributed by atoms with Crippen molar-refractivity contribution in [2.24, 2.45) is 11.8 Å². The fourth-order valence-corrected chi connectivity index (χ4v) is 3.40. The smallest absolute Gasteiger partial charge is 0.307 e. The van der Waals surface area contributed by atoms with Gasteiger partial charge in [-0.15, -0.1) is 0 Å². The molecule has 28 heavy (non-hydrogen) atoms. The van der Waals surface area contributed by atoms with Crippen LogP contribution in [0.1, 0.15) is 17.7 Å². The number of nitrogens with zero attached hydrogens (tertiary/aromatic N) is 2. The molecular formula is C20H21F2N3O3. The third kappa shape index (κ3) is 5.10. The minimum absolute atomic E-state index is 0.111. The minimum Gasteiger partial charge on any atom is -0.481 e. The predicted octanol–water partition coefficient (Wildman–Crippen LogP) is 2.20. The maximum atomic E-state index is 14.0. The lowest BCUT2D eigenvalue weighted by Crippen LogP contribution is -2.47. The van der Waals surface area contributed by atoms with Crippen LogP contribution in [0.5, 0.6) is 0 Å². The van der Waals surface area contributed by atoms with Crippen molar-refractivity contribution in [2.75, 3.05) is 13.1 Å². The normalized spacial score (nSPS) is 19.9. The Bertz CT molecular complexity index is 848. The largest absolute Gasteiger partial charge is 0.481 e. The first-order valence-electron chi connectivity index (χ1n) is 8.99. The zero-order valence-corrected chi connectivity index (χ0v) is 15.1. The standard InChI is InChI=1S/C20H21F2N3O3/c21-16-5-4-13(18(22)8-16)10-25-11-14(7-15(12-25)20(27)28)19(26)24-9-17-3-1-2-6-23-17/h1-6,8,14-15H,7,9-12H2,(H,24,26)(H,27,28)/t14-,15-/m0/s1. The highest BCUT2D eigenvalue weighted by Crippen LogP contribution is 2.25. The van der Waals surface area contributed by atoms with Gasteiger partial charge in [0.15, 0.2) is 0 Å². The molecule has 1 saturated heterocycles. The lowest BCUT2D eigenvalue weighted by Gasteiger charge is -2.35. The number of halogens is 2. The van der Waals surface area contributed by atoms with Crippen LogP contribution in [0.3, 0.4) is 0 Å². The number of hydrogen-bond donors (Lipinski definition) is 2. The molecule has 0 bridgehead atoms. The van der Waals surface area contributed by atoms with Crippen LogP contribution in [0, 0.1) is 23.5 Å². The molecule has 3 rings (SSSR count). The fourth-order valence-electron chi connectivity index (χ4n) is 3.40. The van der Waals surface area contributed by atoms with E-state index in [2.05, 4.69) is 10.3 Å². The van der Waals surface area contributed by atoms with Gasteiger partial charge >= 0.3 is 5.97 Å². The van der Waals surface area contributed by atoms with Crippen molar-refractivity contribution in [1.29, 1.82) is 0 Å². The Morgan fingerprint density at radius 2 is 1.96 bits per heavy atom. The van der Waals surface area contributed by atoms with Crippen LogP contribution in [-0.2, 0) is 22.7 Å². The number of aliphatic carboxylic acids is 1. The lowest BCUT2D eigenvalue weighted by atomic mass is 9.88. The number of amides is 1. The Labute approximate surface area is 161 Å². The van der Waals surface area contributed by atoms with Gasteiger partial charge in [-0.25, -0.2) is 8.78 Å². The van der Waals surface area contributed by atoms with Crippen molar-refractivity contribution < 1.29 is 23.5 Å². The average molecular weight is 389 g/mol. The molecule has 6 nitrogen and oxygen atoms in total. The van der Waals surface area contributed by atoms with Gasteiger partial charge in [-0.3, -0.25) is 19.5 Å². The van der Waals surface area contributed by atoms with E-state index in [9.17, 15) is 23.5 Å². The summed E-state index contributed by atoms with van der Waals surface area (Å²) in [4.78, 5) is 29.9. The Hall–Kier alpha value is -2.87. The molecule has 2 N–H and O–H groups in total. The summed E-state index contributed by atoms with van der Waals surface area (Å²) in [6.45, 7) is 0.866. The number of pyridine rings is 1. The molecule has 1 aromatic heterocycles. The number of carbonyl (C=O) groups excluding carboxylic acids is 1. The fraction of sp³-hybridized carbons (Fsp3) is 0.350. The molecule has 0 radical (unpaired) electrons. The molecule has 1 aliphatic heterocycles. The monoisotopic (exact) mass is 389 g/mol. The third-order valence-corrected chi connectivity index (χ3v) is 4.83. The van der Waals surface area contributed by atoms with Crippen molar-refractivity contribution in [1.82, 2.24) is 15.2 Å². The van der Waals surface area contributed by atoms with E-state index in [0.29, 0.717) is 12.2 Å². The molecule has 1 aliphatic rings. The number of likely N-dealkylation sites (tertiary alicyclic amines) is 1. The number of benzene rings is 1. The van der Waals surface area contributed by atoms with E-state index < -0.39 is 29.4 Å². The zero-order chi connectivity index (χ0) is 20.1. The Morgan fingerprint density at radius 3 is 2.64 bits per heavy atom. The molecule has 0 saturated carbocycles. The van der Waals surface area contributed by atoms with Crippen LogP contribution >= 0.6 is 0 Å². The summed E-state index contributed by atoms with van der Waals surface area (Å²) in [5, 5.41) is 12.2. The number of carboxylic acids is 1. The van der Waals surface area contributed by atoms with Gasteiger partial charge in [0.1, 0.15) is 11.6 Å². The lowest BCUT2D eigenvalue weighted by molar-refractivity contribution is -0.145. The maximum Gasteiger partial charge on any atom is 0.307 e. The van der Waals surface area contributed by atoms with Crippen molar-refractivity contribution in [3.63, 3.8) is 0 Å². The van der Waals surface area contributed by atoms with Gasteiger partial charge in [0.05, 0.1) is 24.1 Å². The summed E-state index contributed by atoms with van der Waals surface area (Å²) in [6, 6.07) is 8.67. The topological polar surface area (TPSA) is 82.5 Å². The highest BCUT2D eigenvalue weighted by Gasteiger charge is 2.35. The average Bonchev–Trinajstić information content (AvgIpc) is 2.69. The van der Waals surface area contributed by atoms with Gasteiger partial charge in [-0.2, -0.15) is 0 Å². The number of carboxylic acid groups (broad SMARTS) is 1. The highest BCUT2D eigenvalue weighted by molar-refractivity contribution is 5.80. The van der Waals surface area contributed by atoms with Crippen LogP contribution in [0.25, 0.3) is 0 Å². The molecule has 0 unspecified atom stereocenters. The first kappa shape index (κ1) is 19.9. The molecular weight excluding hydrogens is 368 g/mol. The second-order valence-corrected chi connectivity index (χ2v) is 6.94. The van der Waals surface area contributed by atoms with E-state index in [1.807, 2.05) is 6.07 Å². The Kier molecular flexibility index (Phi) is 6.30. The molecule has 1 aromatic carbocycles. The molecule has 8 heteroatoms. The van der Waals surface area contributed by atoms with E-state index in [-0.39, 0.29) is 37.5 Å². The SMILES string of the molecule is O=C(O)[C@H]1C[C@H](C(=O)NCc2ccccn2)CN(Cc2ccc(F)cc2F)C1. The van der Waals surface area contributed by atoms with Crippen LogP contribution < -0.4 is 5.32 Å². The molecule has 2 aromatic rings. The summed E-state index contributed by atoms with van der Waals surface area (Å²) in [7, 11) is 0. The molecule has 2 atom stereocenters. The zero-order valence-electron chi connectivity index (χ0n) is 15.1. The van der Waals surface area contributed by atoms with Crippen LogP contribution in [0.2, 0.25) is 0 Å². The van der Waals surface area contributed by atoms with Crippen molar-refractivity contribution in [3.8, 4) is 0 Å². The van der Waals surface area contributed by atoms with E-state index in [0.717, 1.165) is 12.1 Å². The molecule has 1 amide bonds. The summed E-state index contributed by atoms with van der Waals surface area (Å²) in [5.74, 6) is -3.89. The number of hydrogen-bond acceptors (Lipinski definition) is 4. The van der Waals surface area contributed by atoms with Crippen LogP contribution in [-0.4, -0.2) is 40.0 Å². The quantitative estimate of drug-likeness (QED) is 0.792. The van der Waals surface area contributed by atoms with Crippen LogP contribution in [0.15, 0.2) is 42.6 Å². The predicted molar refractivity (Wildman–Crippen MR) is 97.0 cm³/mol. The number of aromatic nitrogens is 1. The number of carbonyl (C=O) groups is 2. The van der Waals surface area contributed by atoms with E-state index in [1.54, 1.807) is 23.2 Å². The third-order valence-electron chi connectivity index (χ3n) is 4.83. The second-order valence-electron chi connectivity index (χ2n) is 6.94. The molecule has 2 heterocycles. The maximum absolute atomic E-state index is 14.0. The van der Waals surface area contributed by atoms with Gasteiger partial charge in [0.25, 0.3) is 0 Å². The van der Waals surface area contributed by atoms with Crippen LogP contribution in [0.4, 0.5) is 8.78 Å². The van der Waals surface area contributed by atoms with E-state index in [1.165, 1.54) is 6.07 Å². The van der Waals surface area contributed by atoms with Gasteiger partial charge in [-0.05, 0) is 24.6 Å². The van der Waals surface area contributed by atoms with E-state index >= 15 is 0 Å². The van der Waals surface area contributed by atoms with E-state index in [4.69, 9.17) is 0 Å². The molecule has 0 spiro atoms. The van der Waals surface area contributed by atoms with Crippen molar-refractivity contribution in [3.05, 3.63) is 65.5 Å². The van der Waals surface area contributed by atoms with Gasteiger partial charge in [-0.1, -0.05) is 12.1 Å². The highest BCUT2D eigenvalue weighted by atomic mass is 19.1. The summed E-state index contributed by atoms with van der Waals surface area (Å²) >= 11 is 0. The van der Waals surface area contributed by atoms with Crippen molar-refractivity contribution in [2.45, 2.75) is 19.5 Å². The first-order valence-corrected chi connectivity index (χ1v) is 8.99. The van der Waals surface area contributed by atoms with Gasteiger partial charge < -0.3 is 10.4 Å². The number of rotatable bonds is 6. The summed E-state index contributed by atoms with van der Waals surface area (Å²) in [5.41, 5.74) is 0.965. The first-order chi connectivity index (χ1) is 13.4. The summed E-state index contributed by atoms with van der Waals surface area (Å²) in [6.07, 6.45) is 1.84. The Balaban J connectivity index is 1.67. The molecule has 148 valence electrons. The van der Waals surface area contributed by atoms with Gasteiger partial charge in [0.2, 0.25) is 5.91 Å². The second kappa shape index (κ2) is 8.88. The molecule has 1 fully saturated rings. The number of nitrogens with one attached hydrogen (secondary N) is 1. The molecule has 0 aliphatic carbocycles. The van der Waals surface area contributed by atoms with Crippen molar-refractivity contribution >= 4 is 11.9 Å². The minimum atomic E-state index is -0.994. The Morgan fingerprint density at radius 1 is 1.18 bits per heavy atom. The van der Waals surface area contributed by atoms with Gasteiger partial charge in [0, 0.05) is 37.5 Å². The summed E-state index contributed by atoms with van der Waals surface area (Å²) < 4.78 is 27.1. The number of piperidine rings is 1.